The van der Waals surface area contributed by atoms with Gasteiger partial charge < -0.3 is 4.74 Å². The number of alkyl halides is 3. The standard InChI is InChI=1S/C13H8ClF4NO/c14-8-3-4-19-9(5-8)7-20-10-1-2-12(15)11(6-10)13(16,17)18/h1-6H,7H2. The molecule has 2 aromatic rings. The van der Waals surface area contributed by atoms with Gasteiger partial charge in [-0.3, -0.25) is 4.98 Å². The zero-order chi connectivity index (χ0) is 14.8. The molecule has 7 heteroatoms. The van der Waals surface area contributed by atoms with Gasteiger partial charge >= 0.3 is 6.18 Å². The highest BCUT2D eigenvalue weighted by atomic mass is 35.5. The average molecular weight is 306 g/mol. The Morgan fingerprint density at radius 3 is 2.55 bits per heavy atom. The Bertz CT molecular complexity index is 616. The normalized spacial score (nSPS) is 11.4. The van der Waals surface area contributed by atoms with Crippen LogP contribution < -0.4 is 4.74 Å². The minimum Gasteiger partial charge on any atom is -0.487 e. The molecule has 0 fully saturated rings. The average Bonchev–Trinajstić information content (AvgIpc) is 2.36. The van der Waals surface area contributed by atoms with Gasteiger partial charge in [-0.2, -0.15) is 13.2 Å². The van der Waals surface area contributed by atoms with Gasteiger partial charge in [-0.25, -0.2) is 4.39 Å². The predicted molar refractivity (Wildman–Crippen MR) is 65.0 cm³/mol. The molecule has 0 bridgehead atoms. The van der Waals surface area contributed by atoms with E-state index in [1.807, 2.05) is 0 Å². The van der Waals surface area contributed by atoms with Crippen LogP contribution in [0.5, 0.6) is 5.75 Å². The van der Waals surface area contributed by atoms with Crippen LogP contribution in [0.1, 0.15) is 11.3 Å². The molecule has 20 heavy (non-hydrogen) atoms. The Hall–Kier alpha value is -1.82. The lowest BCUT2D eigenvalue weighted by atomic mass is 10.2. The molecule has 0 N–H and O–H groups in total. The van der Waals surface area contributed by atoms with Crippen molar-refractivity contribution in [3.05, 3.63) is 58.6 Å². The minimum atomic E-state index is -4.77. The van der Waals surface area contributed by atoms with E-state index in [1.165, 1.54) is 12.3 Å². The fourth-order valence-electron chi connectivity index (χ4n) is 1.50. The van der Waals surface area contributed by atoms with Crippen LogP contribution in [0, 0.1) is 5.82 Å². The lowest BCUT2D eigenvalue weighted by Gasteiger charge is -2.11. The molecule has 0 saturated carbocycles. The van der Waals surface area contributed by atoms with Crippen LogP contribution >= 0.6 is 11.6 Å². The number of aromatic nitrogens is 1. The number of rotatable bonds is 3. The summed E-state index contributed by atoms with van der Waals surface area (Å²) in [6, 6.07) is 5.53. The van der Waals surface area contributed by atoms with Crippen molar-refractivity contribution in [1.82, 2.24) is 4.98 Å². The fourth-order valence-corrected chi connectivity index (χ4v) is 1.68. The minimum absolute atomic E-state index is 0.0660. The number of halogens is 5. The summed E-state index contributed by atoms with van der Waals surface area (Å²) in [5.74, 6) is -1.44. The smallest absolute Gasteiger partial charge is 0.419 e. The Kier molecular flexibility index (Phi) is 4.13. The van der Waals surface area contributed by atoms with Crippen molar-refractivity contribution in [1.29, 1.82) is 0 Å². The van der Waals surface area contributed by atoms with Crippen LogP contribution in [-0.2, 0) is 12.8 Å². The summed E-state index contributed by atoms with van der Waals surface area (Å²) in [6.45, 7) is -0.0660. The Labute approximate surface area is 117 Å². The summed E-state index contributed by atoms with van der Waals surface area (Å²) >= 11 is 5.74. The maximum Gasteiger partial charge on any atom is 0.419 e. The van der Waals surface area contributed by atoms with Gasteiger partial charge in [0.1, 0.15) is 18.2 Å². The molecule has 1 aromatic carbocycles. The Balaban J connectivity index is 2.14. The van der Waals surface area contributed by atoms with E-state index >= 15 is 0 Å². The van der Waals surface area contributed by atoms with Gasteiger partial charge in [0.25, 0.3) is 0 Å². The van der Waals surface area contributed by atoms with Crippen molar-refractivity contribution in [2.24, 2.45) is 0 Å². The second-order valence-electron chi connectivity index (χ2n) is 3.89. The van der Waals surface area contributed by atoms with E-state index in [0.29, 0.717) is 22.8 Å². The molecule has 0 unspecified atom stereocenters. The predicted octanol–water partition coefficient (Wildman–Crippen LogP) is 4.47. The number of nitrogens with zero attached hydrogens (tertiary/aromatic N) is 1. The van der Waals surface area contributed by atoms with Gasteiger partial charge in [0.2, 0.25) is 0 Å². The van der Waals surface area contributed by atoms with Crippen LogP contribution in [0.3, 0.4) is 0 Å². The first-order valence-corrected chi connectivity index (χ1v) is 5.84. The van der Waals surface area contributed by atoms with Crippen LogP contribution in [-0.4, -0.2) is 4.98 Å². The first-order chi connectivity index (χ1) is 9.36. The monoisotopic (exact) mass is 305 g/mol. The highest BCUT2D eigenvalue weighted by molar-refractivity contribution is 6.30. The molecule has 2 nitrogen and oxygen atoms in total. The molecule has 1 heterocycles. The van der Waals surface area contributed by atoms with Gasteiger partial charge in [0.15, 0.2) is 0 Å². The van der Waals surface area contributed by atoms with E-state index in [2.05, 4.69) is 4.98 Å². The van der Waals surface area contributed by atoms with E-state index in [-0.39, 0.29) is 12.4 Å². The molecule has 0 atom stereocenters. The summed E-state index contributed by atoms with van der Waals surface area (Å²) in [5.41, 5.74) is -0.913. The highest BCUT2D eigenvalue weighted by Gasteiger charge is 2.34. The van der Waals surface area contributed by atoms with E-state index in [0.717, 1.165) is 6.07 Å². The zero-order valence-corrected chi connectivity index (χ0v) is 10.7. The lowest BCUT2D eigenvalue weighted by molar-refractivity contribution is -0.140. The number of hydrogen-bond acceptors (Lipinski definition) is 2. The topological polar surface area (TPSA) is 22.1 Å². The van der Waals surface area contributed by atoms with Crippen LogP contribution in [0.25, 0.3) is 0 Å². The summed E-state index contributed by atoms with van der Waals surface area (Å²) < 4.78 is 55.8. The SMILES string of the molecule is Fc1ccc(OCc2cc(Cl)ccn2)cc1C(F)(F)F. The molecule has 0 radical (unpaired) electrons. The zero-order valence-electron chi connectivity index (χ0n) is 9.92. The van der Waals surface area contributed by atoms with Crippen LogP contribution in [0.15, 0.2) is 36.5 Å². The van der Waals surface area contributed by atoms with Crippen molar-refractivity contribution in [3.63, 3.8) is 0 Å². The molecular weight excluding hydrogens is 298 g/mol. The second-order valence-corrected chi connectivity index (χ2v) is 4.33. The fraction of sp³-hybridized carbons (Fsp3) is 0.154. The largest absolute Gasteiger partial charge is 0.487 e. The summed E-state index contributed by atoms with van der Waals surface area (Å²) in [4.78, 5) is 3.94. The first kappa shape index (κ1) is 14.6. The quantitative estimate of drug-likeness (QED) is 0.780. The van der Waals surface area contributed by atoms with Gasteiger partial charge in [-0.1, -0.05) is 11.6 Å². The van der Waals surface area contributed by atoms with E-state index in [1.54, 1.807) is 6.07 Å². The highest BCUT2D eigenvalue weighted by Crippen LogP contribution is 2.33. The molecule has 0 aliphatic carbocycles. The second kappa shape index (κ2) is 5.66. The molecule has 0 saturated heterocycles. The third-order valence-electron chi connectivity index (χ3n) is 2.41. The lowest BCUT2D eigenvalue weighted by Crippen LogP contribution is -2.08. The molecule has 0 amide bonds. The van der Waals surface area contributed by atoms with Crippen molar-refractivity contribution in [2.75, 3.05) is 0 Å². The number of hydrogen-bond donors (Lipinski definition) is 0. The third-order valence-corrected chi connectivity index (χ3v) is 2.64. The van der Waals surface area contributed by atoms with Gasteiger partial charge in [0, 0.05) is 11.2 Å². The molecule has 106 valence electrons. The number of ether oxygens (including phenoxy) is 1. The maximum atomic E-state index is 13.1. The molecule has 0 aliphatic rings. The van der Waals surface area contributed by atoms with E-state index in [4.69, 9.17) is 16.3 Å². The Morgan fingerprint density at radius 2 is 1.90 bits per heavy atom. The van der Waals surface area contributed by atoms with Crippen molar-refractivity contribution in [3.8, 4) is 5.75 Å². The third kappa shape index (κ3) is 3.60. The summed E-state index contributed by atoms with van der Waals surface area (Å²) in [5, 5.41) is 0.439. The molecule has 0 spiro atoms. The first-order valence-electron chi connectivity index (χ1n) is 5.46. The summed E-state index contributed by atoms with van der Waals surface area (Å²) in [7, 11) is 0. The molecule has 0 aliphatic heterocycles. The molecular formula is C13H8ClF4NO. The van der Waals surface area contributed by atoms with Crippen molar-refractivity contribution in [2.45, 2.75) is 12.8 Å². The van der Waals surface area contributed by atoms with Gasteiger partial charge in [-0.05, 0) is 30.3 Å². The van der Waals surface area contributed by atoms with Crippen LogP contribution in [0.2, 0.25) is 5.02 Å². The van der Waals surface area contributed by atoms with Crippen molar-refractivity contribution < 1.29 is 22.3 Å². The molecule has 1 aromatic heterocycles. The van der Waals surface area contributed by atoms with Crippen molar-refractivity contribution >= 4 is 11.6 Å². The number of benzene rings is 1. The number of pyridine rings is 1. The maximum absolute atomic E-state index is 13.1. The van der Waals surface area contributed by atoms with Gasteiger partial charge in [0.05, 0.1) is 11.3 Å². The molecule has 2 rings (SSSR count). The van der Waals surface area contributed by atoms with Gasteiger partial charge in [-0.15, -0.1) is 0 Å². The van der Waals surface area contributed by atoms with E-state index in [9.17, 15) is 17.6 Å². The van der Waals surface area contributed by atoms with Crippen LogP contribution in [0.4, 0.5) is 17.6 Å². The Morgan fingerprint density at radius 1 is 1.15 bits per heavy atom. The summed E-state index contributed by atoms with van der Waals surface area (Å²) in [6.07, 6.45) is -3.31. The van der Waals surface area contributed by atoms with E-state index < -0.39 is 17.6 Å².